The van der Waals surface area contributed by atoms with Crippen LogP contribution in [0.3, 0.4) is 0 Å². The molecule has 4 nitrogen and oxygen atoms in total. The van der Waals surface area contributed by atoms with Crippen LogP contribution in [-0.4, -0.2) is 42.6 Å². The average Bonchev–Trinajstić information content (AvgIpc) is 3.07. The van der Waals surface area contributed by atoms with E-state index in [1.807, 2.05) is 18.2 Å². The smallest absolute Gasteiger partial charge is 0.314 e. The first-order chi connectivity index (χ1) is 14.7. The molecule has 5 atom stereocenters. The third kappa shape index (κ3) is 2.95. The quantitative estimate of drug-likeness (QED) is 0.563. The van der Waals surface area contributed by atoms with E-state index in [0.29, 0.717) is 11.8 Å². The molecule has 0 radical (unpaired) electrons. The lowest BCUT2D eigenvalue weighted by Crippen LogP contribution is -2.40. The number of hydrogen-bond donors (Lipinski definition) is 1. The van der Waals surface area contributed by atoms with Crippen molar-refractivity contribution in [1.82, 2.24) is 4.90 Å². The maximum absolute atomic E-state index is 13.5. The molecule has 30 heavy (non-hydrogen) atoms. The minimum absolute atomic E-state index is 0.0373. The van der Waals surface area contributed by atoms with Gasteiger partial charge in [0, 0.05) is 41.9 Å². The highest BCUT2D eigenvalue weighted by Crippen LogP contribution is 2.63. The van der Waals surface area contributed by atoms with Crippen LogP contribution in [0.25, 0.3) is 10.1 Å². The van der Waals surface area contributed by atoms with Crippen molar-refractivity contribution in [1.29, 1.82) is 0 Å². The first kappa shape index (κ1) is 18.4. The molecule has 1 aromatic heterocycles. The first-order valence-corrected chi connectivity index (χ1v) is 11.8. The van der Waals surface area contributed by atoms with Crippen molar-refractivity contribution >= 4 is 33.1 Å². The minimum Gasteiger partial charge on any atom is -0.457 e. The van der Waals surface area contributed by atoms with E-state index in [9.17, 15) is 4.79 Å². The highest BCUT2D eigenvalue weighted by molar-refractivity contribution is 7.17. The monoisotopic (exact) mass is 418 g/mol. The highest BCUT2D eigenvalue weighted by Gasteiger charge is 2.74. The molecule has 0 amide bonds. The van der Waals surface area contributed by atoms with Crippen LogP contribution in [-0.2, 0) is 9.53 Å². The van der Waals surface area contributed by atoms with Crippen molar-refractivity contribution in [3.63, 3.8) is 0 Å². The third-order valence-electron chi connectivity index (χ3n) is 7.31. The predicted octanol–water partition coefficient (Wildman–Crippen LogP) is 4.73. The Balaban J connectivity index is 1.24. The molecule has 7 rings (SSSR count). The number of fused-ring (bicyclic) bond motifs is 2. The molecule has 4 aliphatic rings. The fraction of sp³-hybridized carbons (Fsp3) is 0.400. The van der Waals surface area contributed by atoms with E-state index in [0.717, 1.165) is 37.3 Å². The number of nitrogens with one attached hydrogen (secondary N) is 1. The number of ether oxygens (including phenoxy) is 1. The van der Waals surface area contributed by atoms with Crippen molar-refractivity contribution in [2.24, 2.45) is 11.8 Å². The Morgan fingerprint density at radius 2 is 2.00 bits per heavy atom. The lowest BCUT2D eigenvalue weighted by Gasteiger charge is -2.30. The Morgan fingerprint density at radius 1 is 1.17 bits per heavy atom. The van der Waals surface area contributed by atoms with Crippen molar-refractivity contribution in [2.45, 2.75) is 24.4 Å². The van der Waals surface area contributed by atoms with Gasteiger partial charge in [-0.1, -0.05) is 36.4 Å². The highest BCUT2D eigenvalue weighted by atomic mass is 32.1. The van der Waals surface area contributed by atoms with E-state index < -0.39 is 0 Å². The van der Waals surface area contributed by atoms with E-state index in [4.69, 9.17) is 4.74 Å². The Kier molecular flexibility index (Phi) is 4.36. The Morgan fingerprint density at radius 3 is 2.77 bits per heavy atom. The molecule has 1 saturated carbocycles. The molecule has 4 heterocycles. The van der Waals surface area contributed by atoms with Gasteiger partial charge in [-0.15, -0.1) is 11.3 Å². The molecule has 0 spiro atoms. The Labute approximate surface area is 180 Å². The van der Waals surface area contributed by atoms with Crippen molar-refractivity contribution in [3.8, 4) is 0 Å². The average molecular weight is 419 g/mol. The summed E-state index contributed by atoms with van der Waals surface area (Å²) in [4.78, 5) is 16.0. The summed E-state index contributed by atoms with van der Waals surface area (Å²) in [5.74, 6) is 0.887. The van der Waals surface area contributed by atoms with Crippen molar-refractivity contribution < 1.29 is 9.53 Å². The summed E-state index contributed by atoms with van der Waals surface area (Å²) in [6, 6.07) is 18.6. The molecule has 4 fully saturated rings. The van der Waals surface area contributed by atoms with Gasteiger partial charge >= 0.3 is 5.97 Å². The van der Waals surface area contributed by atoms with Crippen LogP contribution in [0.1, 0.15) is 24.3 Å². The molecule has 154 valence electrons. The van der Waals surface area contributed by atoms with Crippen LogP contribution in [0.4, 0.5) is 5.69 Å². The number of nitrogens with zero attached hydrogens (tertiary/aromatic N) is 1. The van der Waals surface area contributed by atoms with Crippen LogP contribution in [0.15, 0.2) is 60.0 Å². The number of para-hydroxylation sites is 1. The lowest BCUT2D eigenvalue weighted by atomic mass is 9.95. The van der Waals surface area contributed by atoms with E-state index in [-0.39, 0.29) is 17.5 Å². The molecule has 4 unspecified atom stereocenters. The molecule has 1 aliphatic carbocycles. The van der Waals surface area contributed by atoms with Crippen LogP contribution < -0.4 is 5.32 Å². The number of hydrogen-bond acceptors (Lipinski definition) is 5. The zero-order chi connectivity index (χ0) is 20.1. The second-order valence-electron chi connectivity index (χ2n) is 8.93. The van der Waals surface area contributed by atoms with Crippen LogP contribution in [0, 0.1) is 11.8 Å². The number of thiophene rings is 1. The molecular formula is C25H26N2O2S. The Hall–Kier alpha value is -2.37. The second-order valence-corrected chi connectivity index (χ2v) is 9.85. The number of piperidine rings is 3. The molecule has 3 saturated heterocycles. The van der Waals surface area contributed by atoms with E-state index in [2.05, 4.69) is 52.0 Å². The molecule has 2 aromatic carbocycles. The third-order valence-corrected chi connectivity index (χ3v) is 8.29. The summed E-state index contributed by atoms with van der Waals surface area (Å²) < 4.78 is 7.57. The van der Waals surface area contributed by atoms with E-state index >= 15 is 0 Å². The summed E-state index contributed by atoms with van der Waals surface area (Å²) in [6.45, 7) is 3.95. The summed E-state index contributed by atoms with van der Waals surface area (Å²) in [5.41, 5.74) is 2.01. The zero-order valence-electron chi connectivity index (χ0n) is 16.9. The molecule has 3 aromatic rings. The molecule has 1 N–H and O–H groups in total. The predicted molar refractivity (Wildman–Crippen MR) is 121 cm³/mol. The van der Waals surface area contributed by atoms with Gasteiger partial charge in [0.25, 0.3) is 0 Å². The van der Waals surface area contributed by atoms with Crippen LogP contribution in [0.5, 0.6) is 0 Å². The normalized spacial score (nSPS) is 29.5. The molecule has 3 aliphatic heterocycles. The number of carbonyl (C=O) groups is 1. The standard InChI is InChI=1S/C25H26N2O2S/c28-24(29-25-16-27-13-11-21(25)22(25)14-27)19(10-12-26-17-6-2-1-3-7-17)20-15-30-23-9-5-4-8-18(20)23/h1-9,15,19,21-22,26H,10-14,16H2/t19?,21?,22?,25-/m1/s1. The van der Waals surface area contributed by atoms with Crippen LogP contribution >= 0.6 is 11.3 Å². The minimum atomic E-state index is -0.234. The number of esters is 1. The number of anilines is 1. The summed E-state index contributed by atoms with van der Waals surface area (Å²) in [6.07, 6.45) is 1.91. The fourth-order valence-electron chi connectivity index (χ4n) is 5.75. The van der Waals surface area contributed by atoms with Gasteiger partial charge < -0.3 is 10.1 Å². The van der Waals surface area contributed by atoms with Crippen molar-refractivity contribution in [3.05, 3.63) is 65.5 Å². The van der Waals surface area contributed by atoms with Crippen LogP contribution in [0.2, 0.25) is 0 Å². The summed E-state index contributed by atoms with van der Waals surface area (Å²) >= 11 is 1.72. The number of benzene rings is 2. The van der Waals surface area contributed by atoms with Gasteiger partial charge in [-0.25, -0.2) is 0 Å². The maximum atomic E-state index is 13.5. The maximum Gasteiger partial charge on any atom is 0.314 e. The molecule has 5 heteroatoms. The van der Waals surface area contributed by atoms with Crippen molar-refractivity contribution in [2.75, 3.05) is 31.5 Å². The zero-order valence-corrected chi connectivity index (χ0v) is 17.7. The SMILES string of the molecule is O=C(O[C@]12CN3CCC1C2C3)C(CCNc1ccccc1)c1csc2ccccc12. The van der Waals surface area contributed by atoms with Gasteiger partial charge in [0.1, 0.15) is 5.60 Å². The molecule has 4 bridgehead atoms. The summed E-state index contributed by atoms with van der Waals surface area (Å²) in [5, 5.41) is 6.81. The molecular weight excluding hydrogens is 392 g/mol. The Bertz CT molecular complexity index is 1070. The lowest BCUT2D eigenvalue weighted by molar-refractivity contribution is -0.155. The van der Waals surface area contributed by atoms with Gasteiger partial charge in [-0.2, -0.15) is 0 Å². The second kappa shape index (κ2) is 7.10. The number of rotatable bonds is 7. The van der Waals surface area contributed by atoms with Gasteiger partial charge in [0.15, 0.2) is 0 Å². The summed E-state index contributed by atoms with van der Waals surface area (Å²) in [7, 11) is 0. The fourth-order valence-corrected chi connectivity index (χ4v) is 6.76. The van der Waals surface area contributed by atoms with E-state index in [1.165, 1.54) is 23.1 Å². The van der Waals surface area contributed by atoms with Gasteiger partial charge in [0.05, 0.1) is 5.92 Å². The van der Waals surface area contributed by atoms with E-state index in [1.54, 1.807) is 11.3 Å². The number of carbonyl (C=O) groups excluding carboxylic acids is 1. The van der Waals surface area contributed by atoms with Gasteiger partial charge in [-0.3, -0.25) is 9.69 Å². The largest absolute Gasteiger partial charge is 0.457 e. The van der Waals surface area contributed by atoms with Gasteiger partial charge in [0.2, 0.25) is 0 Å². The topological polar surface area (TPSA) is 41.6 Å². The first-order valence-electron chi connectivity index (χ1n) is 10.9. The van der Waals surface area contributed by atoms with Gasteiger partial charge in [-0.05, 0) is 53.9 Å².